The molecule has 50 heavy (non-hydrogen) atoms. The zero-order chi connectivity index (χ0) is 32.9. The summed E-state index contributed by atoms with van der Waals surface area (Å²) in [7, 11) is 0. The van der Waals surface area contributed by atoms with Gasteiger partial charge in [0.05, 0.1) is 0 Å². The standard InChI is InChI=1S/C46H40O4/c1-19(47)49-45-41-37-17-39(35-15-31-27-11-25(29(31)13-33(35)37)21-7-3-5-9-23(21)27)43(41)46(50-20(2)48)44-40-18-38(42(44)45)34-14-30-26-12-28(32(30)16-36(34)40)24-10-6-4-8-22(24)26/h3,5,7-9,14-16,24-28,33,37-40H,4,6,10-13,17-18H2,1-2H3. The maximum Gasteiger partial charge on any atom is 0.308 e. The fraction of sp³-hybridized carbons (Fsp3) is 0.435. The molecule has 0 amide bonds. The maximum atomic E-state index is 13.0. The molecule has 0 saturated heterocycles. The van der Waals surface area contributed by atoms with Gasteiger partial charge in [0, 0.05) is 71.6 Å². The third kappa shape index (κ3) is 3.07. The second-order valence-corrected chi connectivity index (χ2v) is 17.4. The molecule has 0 aliphatic heterocycles. The van der Waals surface area contributed by atoms with E-state index < -0.39 is 0 Å². The Labute approximate surface area is 292 Å². The summed E-state index contributed by atoms with van der Waals surface area (Å²) in [4.78, 5) is 26.0. The Morgan fingerprint density at radius 1 is 0.600 bits per heavy atom. The molecule has 0 heterocycles. The highest BCUT2D eigenvalue weighted by atomic mass is 16.5. The number of fused-ring (bicyclic) bond motifs is 31. The summed E-state index contributed by atoms with van der Waals surface area (Å²) >= 11 is 0. The van der Waals surface area contributed by atoms with E-state index in [-0.39, 0.29) is 35.6 Å². The number of benzene rings is 3. The smallest absolute Gasteiger partial charge is 0.308 e. The van der Waals surface area contributed by atoms with Gasteiger partial charge < -0.3 is 9.47 Å². The molecule has 0 N–H and O–H groups in total. The molecule has 0 radical (unpaired) electrons. The molecule has 4 heteroatoms. The molecule has 10 unspecified atom stereocenters. The van der Waals surface area contributed by atoms with Gasteiger partial charge in [0.15, 0.2) is 0 Å². The van der Waals surface area contributed by atoms with Crippen molar-refractivity contribution in [2.24, 2.45) is 11.8 Å². The molecule has 2 saturated carbocycles. The van der Waals surface area contributed by atoms with Crippen molar-refractivity contribution in [2.45, 2.75) is 113 Å². The minimum absolute atomic E-state index is 0.163. The van der Waals surface area contributed by atoms with Crippen LogP contribution in [-0.2, 0) is 9.59 Å². The summed E-state index contributed by atoms with van der Waals surface area (Å²) in [6.07, 6.45) is 14.6. The van der Waals surface area contributed by atoms with Crippen LogP contribution in [0.5, 0.6) is 11.5 Å². The van der Waals surface area contributed by atoms with E-state index in [1.54, 1.807) is 41.7 Å². The summed E-state index contributed by atoms with van der Waals surface area (Å²) in [5.41, 5.74) is 20.2. The molecule has 8 bridgehead atoms. The predicted molar refractivity (Wildman–Crippen MR) is 189 cm³/mol. The Balaban J connectivity index is 0.992. The first-order valence-electron chi connectivity index (χ1n) is 19.5. The number of allylic oxidation sites excluding steroid dienone is 6. The second-order valence-electron chi connectivity index (χ2n) is 17.4. The third-order valence-electron chi connectivity index (χ3n) is 15.6. The molecule has 3 aromatic carbocycles. The summed E-state index contributed by atoms with van der Waals surface area (Å²) in [6, 6.07) is 14.2. The molecule has 4 nitrogen and oxygen atoms in total. The fourth-order valence-corrected chi connectivity index (χ4v) is 14.3. The quantitative estimate of drug-likeness (QED) is 0.157. The largest absolute Gasteiger partial charge is 0.426 e. The average Bonchev–Trinajstić information content (AvgIpc) is 3.98. The van der Waals surface area contributed by atoms with Gasteiger partial charge in [0.1, 0.15) is 11.5 Å². The monoisotopic (exact) mass is 656 g/mol. The number of hydrogen-bond donors (Lipinski definition) is 0. The normalized spacial score (nSPS) is 35.5. The minimum atomic E-state index is -0.257. The number of esters is 2. The van der Waals surface area contributed by atoms with Crippen LogP contribution in [0.25, 0.3) is 0 Å². The SMILES string of the molecule is CC(=O)Oc1c2c(c(OC(C)=O)c3c1C1CC3c3cc4c(cc31)C1CC4C3=CCCCC31)C1CC2C2=CC3=C(CC21)C1CC3c2ccccc21. The summed E-state index contributed by atoms with van der Waals surface area (Å²) in [5.74, 6) is 5.32. The van der Waals surface area contributed by atoms with Crippen LogP contribution < -0.4 is 9.47 Å². The van der Waals surface area contributed by atoms with Gasteiger partial charge in [-0.3, -0.25) is 9.59 Å². The molecular formula is C46H40O4. The van der Waals surface area contributed by atoms with Crippen LogP contribution >= 0.6 is 0 Å². The third-order valence-corrected chi connectivity index (χ3v) is 15.6. The molecular weight excluding hydrogens is 617 g/mol. The summed E-state index contributed by atoms with van der Waals surface area (Å²) in [6.45, 7) is 3.11. The first-order valence-corrected chi connectivity index (χ1v) is 19.5. The molecule has 0 aromatic heterocycles. The zero-order valence-electron chi connectivity index (χ0n) is 28.7. The summed E-state index contributed by atoms with van der Waals surface area (Å²) in [5, 5.41) is 0. The molecule has 2 fully saturated rings. The van der Waals surface area contributed by atoms with Crippen molar-refractivity contribution in [1.82, 2.24) is 0 Å². The number of carbonyl (C=O) groups is 2. The highest BCUT2D eigenvalue weighted by Gasteiger charge is 2.59. The van der Waals surface area contributed by atoms with E-state index in [1.807, 2.05) is 0 Å². The lowest BCUT2D eigenvalue weighted by molar-refractivity contribution is -0.133. The lowest BCUT2D eigenvalue weighted by atomic mass is 9.68. The Morgan fingerprint density at radius 2 is 1.24 bits per heavy atom. The lowest BCUT2D eigenvalue weighted by Gasteiger charge is -2.37. The first kappa shape index (κ1) is 27.5. The van der Waals surface area contributed by atoms with E-state index in [1.165, 1.54) is 65.5 Å². The van der Waals surface area contributed by atoms with E-state index in [9.17, 15) is 9.59 Å². The molecule has 10 aliphatic rings. The Kier molecular flexibility index (Phi) is 4.95. The average molecular weight is 657 g/mol. The van der Waals surface area contributed by atoms with Gasteiger partial charge in [-0.1, -0.05) is 65.3 Å². The van der Waals surface area contributed by atoms with E-state index in [4.69, 9.17) is 9.47 Å². The van der Waals surface area contributed by atoms with Crippen molar-refractivity contribution in [2.75, 3.05) is 0 Å². The van der Waals surface area contributed by atoms with Crippen molar-refractivity contribution in [1.29, 1.82) is 0 Å². The number of rotatable bonds is 2. The van der Waals surface area contributed by atoms with Crippen molar-refractivity contribution in [3.8, 4) is 11.5 Å². The Morgan fingerprint density at radius 3 is 2.00 bits per heavy atom. The van der Waals surface area contributed by atoms with Gasteiger partial charge in [0.2, 0.25) is 0 Å². The number of hydrogen-bond acceptors (Lipinski definition) is 4. The highest BCUT2D eigenvalue weighted by molar-refractivity contribution is 5.82. The van der Waals surface area contributed by atoms with Crippen molar-refractivity contribution in [3.63, 3.8) is 0 Å². The number of ether oxygens (including phenoxy) is 2. The highest BCUT2D eigenvalue weighted by Crippen LogP contribution is 2.74. The number of carbonyl (C=O) groups excluding carboxylic acids is 2. The minimum Gasteiger partial charge on any atom is -0.426 e. The second kappa shape index (κ2) is 8.99. The lowest BCUT2D eigenvalue weighted by Crippen LogP contribution is -2.24. The first-order chi connectivity index (χ1) is 24.4. The maximum absolute atomic E-state index is 13.0. The topological polar surface area (TPSA) is 52.6 Å². The van der Waals surface area contributed by atoms with E-state index in [2.05, 4.69) is 48.6 Å². The van der Waals surface area contributed by atoms with Gasteiger partial charge in [0.25, 0.3) is 0 Å². The van der Waals surface area contributed by atoms with Crippen LogP contribution in [-0.4, -0.2) is 11.9 Å². The molecule has 10 aliphatic carbocycles. The van der Waals surface area contributed by atoms with Gasteiger partial charge in [-0.2, -0.15) is 0 Å². The van der Waals surface area contributed by atoms with Crippen molar-refractivity contribution < 1.29 is 19.1 Å². The zero-order valence-corrected chi connectivity index (χ0v) is 28.7. The van der Waals surface area contributed by atoms with Crippen molar-refractivity contribution >= 4 is 11.9 Å². The van der Waals surface area contributed by atoms with Crippen LogP contribution in [0.3, 0.4) is 0 Å². The van der Waals surface area contributed by atoms with Gasteiger partial charge in [-0.25, -0.2) is 0 Å². The molecule has 0 spiro atoms. The van der Waals surface area contributed by atoms with Gasteiger partial charge >= 0.3 is 11.9 Å². The van der Waals surface area contributed by atoms with E-state index in [0.29, 0.717) is 29.6 Å². The fourth-order valence-electron chi connectivity index (χ4n) is 14.3. The van der Waals surface area contributed by atoms with Crippen LogP contribution in [0.2, 0.25) is 0 Å². The van der Waals surface area contributed by atoms with Crippen molar-refractivity contribution in [3.05, 3.63) is 126 Å². The van der Waals surface area contributed by atoms with Gasteiger partial charge in [-0.05, 0) is 114 Å². The van der Waals surface area contributed by atoms with Crippen LogP contribution in [0.15, 0.2) is 70.8 Å². The molecule has 248 valence electrons. The van der Waals surface area contributed by atoms with E-state index >= 15 is 0 Å². The van der Waals surface area contributed by atoms with Crippen LogP contribution in [0.1, 0.15) is 168 Å². The Bertz CT molecular complexity index is 2320. The van der Waals surface area contributed by atoms with Crippen LogP contribution in [0.4, 0.5) is 0 Å². The molecule has 10 atom stereocenters. The predicted octanol–water partition coefficient (Wildman–Crippen LogP) is 9.94. The summed E-state index contributed by atoms with van der Waals surface area (Å²) < 4.78 is 12.9. The molecule has 3 aromatic rings. The van der Waals surface area contributed by atoms with E-state index in [0.717, 1.165) is 53.4 Å². The molecule has 13 rings (SSSR count). The van der Waals surface area contributed by atoms with Gasteiger partial charge in [-0.15, -0.1) is 0 Å². The Hall–Kier alpha value is -4.18. The van der Waals surface area contributed by atoms with Crippen LogP contribution in [0, 0.1) is 11.8 Å².